The van der Waals surface area contributed by atoms with Gasteiger partial charge in [0.25, 0.3) is 0 Å². The zero-order chi connectivity index (χ0) is 16.2. The van der Waals surface area contributed by atoms with E-state index in [-0.39, 0.29) is 6.61 Å². The summed E-state index contributed by atoms with van der Waals surface area (Å²) in [5.41, 5.74) is 5.06. The van der Waals surface area contributed by atoms with Crippen molar-refractivity contribution in [1.82, 2.24) is 9.78 Å². The molecule has 1 unspecified atom stereocenters. The third-order valence-corrected chi connectivity index (χ3v) is 4.74. The smallest absolute Gasteiger partial charge is 0.0568 e. The Balaban J connectivity index is 1.86. The van der Waals surface area contributed by atoms with Gasteiger partial charge in [0, 0.05) is 50.1 Å². The Kier molecular flexibility index (Phi) is 5.01. The van der Waals surface area contributed by atoms with Crippen molar-refractivity contribution in [2.24, 2.45) is 13.0 Å². The van der Waals surface area contributed by atoms with Crippen molar-refractivity contribution in [1.29, 1.82) is 0 Å². The number of rotatable bonds is 6. The van der Waals surface area contributed by atoms with E-state index >= 15 is 0 Å². The van der Waals surface area contributed by atoms with E-state index in [1.165, 1.54) is 36.1 Å². The zero-order valence-corrected chi connectivity index (χ0v) is 14.2. The molecule has 2 heterocycles. The molecule has 1 N–H and O–H groups in total. The van der Waals surface area contributed by atoms with Gasteiger partial charge in [-0.2, -0.15) is 5.10 Å². The van der Waals surface area contributed by atoms with Crippen molar-refractivity contribution in [3.63, 3.8) is 0 Å². The number of hydrogen-bond donors (Lipinski definition) is 1. The molecule has 1 aromatic carbocycles. The number of aliphatic hydroxyl groups excluding tert-OH is 1. The summed E-state index contributed by atoms with van der Waals surface area (Å²) in [6.07, 6.45) is 8.65. The zero-order valence-electron chi connectivity index (χ0n) is 14.2. The third-order valence-electron chi connectivity index (χ3n) is 4.74. The topological polar surface area (TPSA) is 41.3 Å². The van der Waals surface area contributed by atoms with Crippen LogP contribution in [0.1, 0.15) is 31.7 Å². The molecule has 0 saturated carbocycles. The number of nitrogens with zero attached hydrogens (tertiary/aromatic N) is 3. The summed E-state index contributed by atoms with van der Waals surface area (Å²) >= 11 is 0. The maximum absolute atomic E-state index is 9.66. The normalized spacial score (nSPS) is 17.3. The highest BCUT2D eigenvalue weighted by atomic mass is 16.3. The molecule has 1 aromatic heterocycles. The lowest BCUT2D eigenvalue weighted by molar-refractivity contribution is 0.224. The first-order valence-corrected chi connectivity index (χ1v) is 8.69. The second-order valence-electron chi connectivity index (χ2n) is 6.65. The fraction of sp³-hybridized carbons (Fsp3) is 0.526. The first kappa shape index (κ1) is 16.1. The summed E-state index contributed by atoms with van der Waals surface area (Å²) in [4.78, 5) is 2.46. The Morgan fingerprint density at radius 3 is 2.83 bits per heavy atom. The van der Waals surface area contributed by atoms with Gasteiger partial charge in [-0.3, -0.25) is 4.68 Å². The molecule has 3 rings (SSSR count). The SMILES string of the molecule is CCCCCN1CC(CO)Cc2cc(-c3cnn(C)c3)ccc21. The lowest BCUT2D eigenvalue weighted by Crippen LogP contribution is -2.37. The molecule has 0 fully saturated rings. The standard InChI is InChI=1S/C19H27N3O/c1-3-4-5-8-22-12-15(14-23)9-17-10-16(6-7-19(17)22)18-11-20-21(2)13-18/h6-7,10-11,13,15,23H,3-5,8-9,12,14H2,1-2H3. The minimum Gasteiger partial charge on any atom is -0.396 e. The highest BCUT2D eigenvalue weighted by Gasteiger charge is 2.24. The molecule has 2 aromatic rings. The van der Waals surface area contributed by atoms with Crippen molar-refractivity contribution in [2.75, 3.05) is 24.6 Å². The molecule has 0 radical (unpaired) electrons. The van der Waals surface area contributed by atoms with E-state index in [0.29, 0.717) is 5.92 Å². The van der Waals surface area contributed by atoms with E-state index < -0.39 is 0 Å². The maximum atomic E-state index is 9.66. The lowest BCUT2D eigenvalue weighted by atomic mass is 9.90. The van der Waals surface area contributed by atoms with Crippen LogP contribution >= 0.6 is 0 Å². The first-order chi connectivity index (χ1) is 11.2. The summed E-state index contributed by atoms with van der Waals surface area (Å²) in [7, 11) is 1.94. The van der Waals surface area contributed by atoms with Gasteiger partial charge in [-0.15, -0.1) is 0 Å². The van der Waals surface area contributed by atoms with Crippen molar-refractivity contribution in [2.45, 2.75) is 32.6 Å². The molecule has 4 nitrogen and oxygen atoms in total. The molecule has 0 aliphatic carbocycles. The van der Waals surface area contributed by atoms with Crippen LogP contribution in [0.15, 0.2) is 30.6 Å². The Labute approximate surface area is 138 Å². The van der Waals surface area contributed by atoms with Crippen LogP contribution < -0.4 is 4.90 Å². The highest BCUT2D eigenvalue weighted by Crippen LogP contribution is 2.33. The van der Waals surface area contributed by atoms with Gasteiger partial charge in [0.05, 0.1) is 6.20 Å². The van der Waals surface area contributed by atoms with Gasteiger partial charge in [-0.1, -0.05) is 25.8 Å². The predicted octanol–water partition coefficient (Wildman–Crippen LogP) is 3.25. The molecule has 0 spiro atoms. The average Bonchev–Trinajstić information content (AvgIpc) is 3.00. The minimum atomic E-state index is 0.265. The summed E-state index contributed by atoms with van der Waals surface area (Å²) in [5.74, 6) is 0.341. The second-order valence-corrected chi connectivity index (χ2v) is 6.65. The number of aliphatic hydroxyl groups is 1. The van der Waals surface area contributed by atoms with E-state index in [1.54, 1.807) is 0 Å². The van der Waals surface area contributed by atoms with E-state index in [0.717, 1.165) is 25.1 Å². The molecule has 1 aliphatic rings. The molecule has 1 atom stereocenters. The summed E-state index contributed by atoms with van der Waals surface area (Å²) in [5, 5.41) is 13.9. The van der Waals surface area contributed by atoms with Crippen LogP contribution in [0.2, 0.25) is 0 Å². The monoisotopic (exact) mass is 313 g/mol. The van der Waals surface area contributed by atoms with Crippen molar-refractivity contribution >= 4 is 5.69 Å². The first-order valence-electron chi connectivity index (χ1n) is 8.69. The van der Waals surface area contributed by atoms with Crippen LogP contribution in [-0.2, 0) is 13.5 Å². The van der Waals surface area contributed by atoms with E-state index in [2.05, 4.69) is 35.1 Å². The summed E-state index contributed by atoms with van der Waals surface area (Å²) in [6.45, 7) is 4.56. The molecule has 0 bridgehead atoms. The number of hydrogen-bond acceptors (Lipinski definition) is 3. The molecule has 4 heteroatoms. The van der Waals surface area contributed by atoms with E-state index in [9.17, 15) is 5.11 Å². The summed E-state index contributed by atoms with van der Waals surface area (Å²) < 4.78 is 1.84. The Morgan fingerprint density at radius 2 is 2.13 bits per heavy atom. The van der Waals surface area contributed by atoms with Gasteiger partial charge in [0.2, 0.25) is 0 Å². The number of anilines is 1. The van der Waals surface area contributed by atoms with Crippen LogP contribution in [0.25, 0.3) is 11.1 Å². The fourth-order valence-corrected chi connectivity index (χ4v) is 3.48. The number of aryl methyl sites for hydroxylation is 1. The Hall–Kier alpha value is -1.81. The highest BCUT2D eigenvalue weighted by molar-refractivity contribution is 5.69. The number of benzene rings is 1. The number of fused-ring (bicyclic) bond motifs is 1. The molecule has 124 valence electrons. The second kappa shape index (κ2) is 7.18. The van der Waals surface area contributed by atoms with Crippen molar-refractivity contribution < 1.29 is 5.11 Å². The van der Waals surface area contributed by atoms with Gasteiger partial charge < -0.3 is 10.0 Å². The quantitative estimate of drug-likeness (QED) is 0.832. The number of unbranched alkanes of at least 4 members (excludes halogenated alkanes) is 2. The van der Waals surface area contributed by atoms with Gasteiger partial charge in [0.1, 0.15) is 0 Å². The van der Waals surface area contributed by atoms with Gasteiger partial charge in [-0.25, -0.2) is 0 Å². The lowest BCUT2D eigenvalue weighted by Gasteiger charge is -2.36. The molecule has 0 saturated heterocycles. The van der Waals surface area contributed by atoms with E-state index in [4.69, 9.17) is 0 Å². The van der Waals surface area contributed by atoms with Crippen LogP contribution in [0.5, 0.6) is 0 Å². The Morgan fingerprint density at radius 1 is 1.26 bits per heavy atom. The van der Waals surface area contributed by atoms with Crippen LogP contribution in [0, 0.1) is 5.92 Å². The maximum Gasteiger partial charge on any atom is 0.0568 e. The molecule has 1 aliphatic heterocycles. The Bertz CT molecular complexity index is 650. The van der Waals surface area contributed by atoms with Crippen LogP contribution in [0.3, 0.4) is 0 Å². The minimum absolute atomic E-state index is 0.265. The summed E-state index contributed by atoms with van der Waals surface area (Å²) in [6, 6.07) is 6.72. The fourth-order valence-electron chi connectivity index (χ4n) is 3.48. The largest absolute Gasteiger partial charge is 0.396 e. The van der Waals surface area contributed by atoms with Crippen LogP contribution in [-0.4, -0.2) is 34.6 Å². The van der Waals surface area contributed by atoms with Crippen molar-refractivity contribution in [3.05, 3.63) is 36.2 Å². The average molecular weight is 313 g/mol. The van der Waals surface area contributed by atoms with Gasteiger partial charge in [-0.05, 0) is 36.1 Å². The number of aromatic nitrogens is 2. The van der Waals surface area contributed by atoms with Gasteiger partial charge >= 0.3 is 0 Å². The van der Waals surface area contributed by atoms with Crippen molar-refractivity contribution in [3.8, 4) is 11.1 Å². The predicted molar refractivity (Wildman–Crippen MR) is 94.7 cm³/mol. The third kappa shape index (κ3) is 3.58. The molecule has 0 amide bonds. The molecular weight excluding hydrogens is 286 g/mol. The molecule has 23 heavy (non-hydrogen) atoms. The van der Waals surface area contributed by atoms with Crippen LogP contribution in [0.4, 0.5) is 5.69 Å². The molecular formula is C19H27N3O. The van der Waals surface area contributed by atoms with E-state index in [1.807, 2.05) is 24.1 Å². The van der Waals surface area contributed by atoms with Gasteiger partial charge in [0.15, 0.2) is 0 Å².